The van der Waals surface area contributed by atoms with E-state index in [4.69, 9.17) is 18.9 Å². The second-order valence-corrected chi connectivity index (χ2v) is 13.7. The minimum absolute atomic E-state index is 0.219. The molecule has 1 aliphatic rings. The fourth-order valence-corrected chi connectivity index (χ4v) is 5.82. The van der Waals surface area contributed by atoms with Gasteiger partial charge in [0, 0.05) is 12.8 Å². The molecule has 0 bridgehead atoms. The Morgan fingerprint density at radius 1 is 0.600 bits per heavy atom. The molecule has 2 unspecified atom stereocenters. The molecule has 10 heteroatoms. The van der Waals surface area contributed by atoms with Crippen molar-refractivity contribution >= 4 is 11.9 Å². The lowest BCUT2D eigenvalue weighted by Gasteiger charge is -2.39. The number of hydrogen-bond acceptors (Lipinski definition) is 10. The van der Waals surface area contributed by atoms with Gasteiger partial charge in [-0.2, -0.15) is 0 Å². The van der Waals surface area contributed by atoms with Crippen molar-refractivity contribution in [1.82, 2.24) is 0 Å². The Hall–Kier alpha value is -1.82. The summed E-state index contributed by atoms with van der Waals surface area (Å²) in [6.07, 6.45) is 24.7. The smallest absolute Gasteiger partial charge is 0.306 e. The van der Waals surface area contributed by atoms with E-state index in [0.717, 1.165) is 77.0 Å². The van der Waals surface area contributed by atoms with Gasteiger partial charge in [-0.1, -0.05) is 109 Å². The highest BCUT2D eigenvalue weighted by molar-refractivity contribution is 5.70. The Morgan fingerprint density at radius 3 is 1.60 bits per heavy atom. The zero-order chi connectivity index (χ0) is 36.7. The lowest BCUT2D eigenvalue weighted by molar-refractivity contribution is -0.305. The molecule has 1 heterocycles. The molecule has 0 aromatic rings. The van der Waals surface area contributed by atoms with Crippen molar-refractivity contribution in [2.45, 2.75) is 198 Å². The first-order chi connectivity index (χ1) is 24.3. The van der Waals surface area contributed by atoms with Crippen LogP contribution in [0.2, 0.25) is 0 Å². The average Bonchev–Trinajstić information content (AvgIpc) is 3.11. The molecule has 50 heavy (non-hydrogen) atoms. The highest BCUT2D eigenvalue weighted by Gasteiger charge is 2.44. The molecule has 292 valence electrons. The number of unbranched alkanes of at least 4 members (excludes halogenated alkanes) is 17. The van der Waals surface area contributed by atoms with Crippen molar-refractivity contribution in [2.75, 3.05) is 19.8 Å². The number of carbonyl (C=O) groups is 2. The lowest BCUT2D eigenvalue weighted by atomic mass is 9.99. The molecule has 0 amide bonds. The van der Waals surface area contributed by atoms with Crippen molar-refractivity contribution in [3.05, 3.63) is 24.3 Å². The zero-order valence-corrected chi connectivity index (χ0v) is 31.4. The second-order valence-electron chi connectivity index (χ2n) is 13.7. The molecule has 1 rings (SSSR count). The van der Waals surface area contributed by atoms with Gasteiger partial charge in [0.05, 0.1) is 13.2 Å². The number of ether oxygens (including phenoxy) is 4. The lowest BCUT2D eigenvalue weighted by Crippen LogP contribution is -2.59. The molecule has 1 fully saturated rings. The molecule has 0 aromatic heterocycles. The van der Waals surface area contributed by atoms with Gasteiger partial charge < -0.3 is 39.4 Å². The number of rotatable bonds is 32. The van der Waals surface area contributed by atoms with E-state index in [1.807, 2.05) is 0 Å². The SMILES string of the molecule is CCCCC/C=C/CCCCCCCC(=O)OC[C@H](CO[C@@H]1O[C@H](CO)[C@H](O)C(O)C1O)OC(=O)CCCCCCC/C=C/CCCCCC. The molecule has 10 nitrogen and oxygen atoms in total. The maximum absolute atomic E-state index is 12.7. The van der Waals surface area contributed by atoms with E-state index in [-0.39, 0.29) is 32.0 Å². The Labute approximate surface area is 303 Å². The molecule has 6 atom stereocenters. The van der Waals surface area contributed by atoms with Crippen molar-refractivity contribution in [3.63, 3.8) is 0 Å². The molecule has 0 spiro atoms. The topological polar surface area (TPSA) is 152 Å². The maximum Gasteiger partial charge on any atom is 0.306 e. The van der Waals surface area contributed by atoms with E-state index in [0.29, 0.717) is 12.8 Å². The first-order valence-electron chi connectivity index (χ1n) is 19.9. The Balaban J connectivity index is 2.40. The van der Waals surface area contributed by atoms with E-state index < -0.39 is 49.4 Å². The van der Waals surface area contributed by atoms with Gasteiger partial charge in [-0.05, 0) is 64.2 Å². The van der Waals surface area contributed by atoms with Crippen LogP contribution in [0.5, 0.6) is 0 Å². The summed E-state index contributed by atoms with van der Waals surface area (Å²) in [6.45, 7) is 3.35. The number of hydrogen-bond donors (Lipinski definition) is 4. The number of aliphatic hydroxyl groups excluding tert-OH is 4. The van der Waals surface area contributed by atoms with E-state index in [9.17, 15) is 30.0 Å². The molecule has 0 saturated carbocycles. The highest BCUT2D eigenvalue weighted by Crippen LogP contribution is 2.22. The highest BCUT2D eigenvalue weighted by atomic mass is 16.7. The number of esters is 2. The first-order valence-corrected chi connectivity index (χ1v) is 19.9. The van der Waals surface area contributed by atoms with E-state index in [1.165, 1.54) is 44.9 Å². The summed E-state index contributed by atoms with van der Waals surface area (Å²) in [4.78, 5) is 25.2. The Kier molecular flexibility index (Phi) is 29.5. The maximum atomic E-state index is 12.7. The predicted octanol–water partition coefficient (Wildman–Crippen LogP) is 7.38. The van der Waals surface area contributed by atoms with Gasteiger partial charge in [-0.3, -0.25) is 9.59 Å². The molecule has 0 aliphatic carbocycles. The molecular weight excluding hydrogens is 640 g/mol. The summed E-state index contributed by atoms with van der Waals surface area (Å²) in [5.74, 6) is -0.828. The summed E-state index contributed by atoms with van der Waals surface area (Å²) in [5, 5.41) is 39.9. The third-order valence-electron chi connectivity index (χ3n) is 9.06. The number of allylic oxidation sites excluding steroid dienone is 4. The van der Waals surface area contributed by atoms with Crippen LogP contribution in [0, 0.1) is 0 Å². The minimum Gasteiger partial charge on any atom is -0.462 e. The molecule has 0 aromatic carbocycles. The van der Waals surface area contributed by atoms with Crippen LogP contribution in [0.3, 0.4) is 0 Å². The van der Waals surface area contributed by atoms with Crippen LogP contribution < -0.4 is 0 Å². The van der Waals surface area contributed by atoms with E-state index >= 15 is 0 Å². The van der Waals surface area contributed by atoms with Crippen molar-refractivity contribution < 1.29 is 49.0 Å². The summed E-state index contributed by atoms with van der Waals surface area (Å²) in [5.41, 5.74) is 0. The number of carbonyl (C=O) groups excluding carboxylic acids is 2. The van der Waals surface area contributed by atoms with Crippen LogP contribution in [-0.2, 0) is 28.5 Å². The summed E-state index contributed by atoms with van der Waals surface area (Å²) < 4.78 is 22.0. The molecular formula is C40H72O10. The Bertz CT molecular complexity index is 876. The van der Waals surface area contributed by atoms with Crippen LogP contribution >= 0.6 is 0 Å². The number of aliphatic hydroxyl groups is 4. The fraction of sp³-hybridized carbons (Fsp3) is 0.850. The monoisotopic (exact) mass is 713 g/mol. The van der Waals surface area contributed by atoms with Gasteiger partial charge in [-0.15, -0.1) is 0 Å². The standard InChI is InChI=1S/C40H72O10/c1-3-5-7-9-11-13-15-17-19-21-23-25-27-29-36(43)49-33(32-48-40-39(46)38(45)37(44)34(30-41)50-40)31-47-35(42)28-26-24-22-20-18-16-14-12-10-8-6-4-2/h12-15,33-34,37-41,44-46H,3-11,16-32H2,1-2H3/b14-12+,15-13+/t33-,34-,37+,38?,39?,40-/m1/s1. The summed E-state index contributed by atoms with van der Waals surface area (Å²) in [7, 11) is 0. The van der Waals surface area contributed by atoms with Gasteiger partial charge in [-0.25, -0.2) is 0 Å². The summed E-state index contributed by atoms with van der Waals surface area (Å²) in [6, 6.07) is 0. The van der Waals surface area contributed by atoms with Gasteiger partial charge in [0.25, 0.3) is 0 Å². The fourth-order valence-electron chi connectivity index (χ4n) is 5.82. The minimum atomic E-state index is -1.59. The van der Waals surface area contributed by atoms with E-state index in [1.54, 1.807) is 0 Å². The third-order valence-corrected chi connectivity index (χ3v) is 9.06. The Morgan fingerprint density at radius 2 is 1.06 bits per heavy atom. The van der Waals surface area contributed by atoms with Crippen molar-refractivity contribution in [1.29, 1.82) is 0 Å². The predicted molar refractivity (Wildman–Crippen MR) is 196 cm³/mol. The largest absolute Gasteiger partial charge is 0.462 e. The van der Waals surface area contributed by atoms with Gasteiger partial charge >= 0.3 is 11.9 Å². The molecule has 0 radical (unpaired) electrons. The van der Waals surface area contributed by atoms with Crippen molar-refractivity contribution in [2.24, 2.45) is 0 Å². The normalized spacial score (nSPS) is 21.6. The van der Waals surface area contributed by atoms with Gasteiger partial charge in [0.2, 0.25) is 0 Å². The quantitative estimate of drug-likeness (QED) is 0.0316. The second kappa shape index (κ2) is 31.9. The van der Waals surface area contributed by atoms with Crippen LogP contribution in [0.4, 0.5) is 0 Å². The van der Waals surface area contributed by atoms with Crippen LogP contribution in [-0.4, -0.2) is 89.0 Å². The van der Waals surface area contributed by atoms with Gasteiger partial charge in [0.15, 0.2) is 12.4 Å². The van der Waals surface area contributed by atoms with Crippen molar-refractivity contribution in [3.8, 4) is 0 Å². The average molecular weight is 713 g/mol. The molecule has 1 saturated heterocycles. The summed E-state index contributed by atoms with van der Waals surface area (Å²) >= 11 is 0. The van der Waals surface area contributed by atoms with Crippen LogP contribution in [0.15, 0.2) is 24.3 Å². The van der Waals surface area contributed by atoms with Crippen LogP contribution in [0.1, 0.15) is 162 Å². The van der Waals surface area contributed by atoms with Gasteiger partial charge in [0.1, 0.15) is 31.0 Å². The zero-order valence-electron chi connectivity index (χ0n) is 31.4. The van der Waals surface area contributed by atoms with E-state index in [2.05, 4.69) is 38.2 Å². The first kappa shape index (κ1) is 46.2. The molecule has 4 N–H and O–H groups in total. The third kappa shape index (κ3) is 23.6. The van der Waals surface area contributed by atoms with Crippen LogP contribution in [0.25, 0.3) is 0 Å². The molecule has 1 aliphatic heterocycles.